The molecule has 0 amide bonds. The van der Waals surface area contributed by atoms with Crippen LogP contribution in [0, 0.1) is 6.92 Å². The third kappa shape index (κ3) is 3.67. The first-order chi connectivity index (χ1) is 12.9. The fourth-order valence-electron chi connectivity index (χ4n) is 2.63. The van der Waals surface area contributed by atoms with Crippen LogP contribution < -0.4 is 15.0 Å². The number of aromatic carboxylic acids is 1. The summed E-state index contributed by atoms with van der Waals surface area (Å²) in [7, 11) is 3.15. The van der Waals surface area contributed by atoms with Crippen molar-refractivity contribution in [1.82, 2.24) is 9.38 Å². The number of carbonyl (C=O) groups is 1. The van der Waals surface area contributed by atoms with E-state index >= 15 is 0 Å². The quantitative estimate of drug-likeness (QED) is 0.747. The smallest absolute Gasteiger partial charge is 0.337 e. The Hall–Kier alpha value is -3.61. The van der Waals surface area contributed by atoms with Gasteiger partial charge in [-0.3, -0.25) is 9.20 Å². The first-order valence-electron chi connectivity index (χ1n) is 8.10. The lowest BCUT2D eigenvalue weighted by Crippen LogP contribution is -2.20. The van der Waals surface area contributed by atoms with E-state index in [1.165, 1.54) is 22.7 Å². The molecule has 0 saturated heterocycles. The second kappa shape index (κ2) is 7.33. The van der Waals surface area contributed by atoms with Crippen molar-refractivity contribution in [3.8, 4) is 11.5 Å². The fraction of sp³-hybridized carbons (Fsp3) is 0.150. The predicted octanol–water partition coefficient (Wildman–Crippen LogP) is 2.89. The summed E-state index contributed by atoms with van der Waals surface area (Å²) >= 11 is 0. The number of aromatic nitrogens is 2. The number of methoxy groups -OCH3 is 2. The second-order valence-electron chi connectivity index (χ2n) is 5.86. The van der Waals surface area contributed by atoms with E-state index < -0.39 is 5.97 Å². The first kappa shape index (κ1) is 18.2. The summed E-state index contributed by atoms with van der Waals surface area (Å²) in [4.78, 5) is 28.2. The van der Waals surface area contributed by atoms with Gasteiger partial charge in [-0.1, -0.05) is 6.08 Å². The van der Waals surface area contributed by atoms with Crippen LogP contribution in [0.15, 0.2) is 41.3 Å². The van der Waals surface area contributed by atoms with E-state index in [4.69, 9.17) is 14.6 Å². The van der Waals surface area contributed by atoms with Crippen molar-refractivity contribution in [2.24, 2.45) is 0 Å². The molecule has 138 valence electrons. The number of carboxylic acid groups (broad SMARTS) is 1. The van der Waals surface area contributed by atoms with Gasteiger partial charge in [0.2, 0.25) is 0 Å². The molecule has 0 unspecified atom stereocenters. The van der Waals surface area contributed by atoms with E-state index in [1.807, 2.05) is 18.2 Å². The molecule has 0 fully saturated rings. The maximum atomic E-state index is 12.6. The predicted molar refractivity (Wildman–Crippen MR) is 102 cm³/mol. The van der Waals surface area contributed by atoms with E-state index in [2.05, 4.69) is 4.98 Å². The normalized spacial score (nSPS) is 11.1. The van der Waals surface area contributed by atoms with Crippen molar-refractivity contribution >= 4 is 23.8 Å². The number of carboxylic acids is 1. The molecule has 0 aliphatic heterocycles. The van der Waals surface area contributed by atoms with E-state index in [-0.39, 0.29) is 11.1 Å². The number of pyridine rings is 1. The van der Waals surface area contributed by atoms with Gasteiger partial charge in [-0.15, -0.1) is 0 Å². The number of benzene rings is 1. The minimum Gasteiger partial charge on any atom is -0.497 e. The van der Waals surface area contributed by atoms with Crippen LogP contribution in [-0.4, -0.2) is 34.7 Å². The Bertz CT molecular complexity index is 1090. The zero-order chi connectivity index (χ0) is 19.6. The summed E-state index contributed by atoms with van der Waals surface area (Å²) in [6.07, 6.45) is 4.82. The Morgan fingerprint density at radius 2 is 1.78 bits per heavy atom. The van der Waals surface area contributed by atoms with Crippen molar-refractivity contribution in [3.05, 3.63) is 69.3 Å². The topological polar surface area (TPSA) is 90.1 Å². The highest BCUT2D eigenvalue weighted by molar-refractivity contribution is 5.87. The SMILES string of the molecule is COc1cc(C=Cc2nc3ccc(C(=O)O)cn3c(=O)c2C)cc(OC)c1. The van der Waals surface area contributed by atoms with Crippen LogP contribution in [0.2, 0.25) is 0 Å². The first-order valence-corrected chi connectivity index (χ1v) is 8.10. The molecule has 0 spiro atoms. The van der Waals surface area contributed by atoms with E-state index in [0.29, 0.717) is 28.4 Å². The number of rotatable bonds is 5. The number of fused-ring (bicyclic) bond motifs is 1. The molecular weight excluding hydrogens is 348 g/mol. The molecule has 3 aromatic rings. The molecule has 0 aliphatic rings. The van der Waals surface area contributed by atoms with Crippen molar-refractivity contribution in [2.75, 3.05) is 14.2 Å². The minimum atomic E-state index is -1.10. The van der Waals surface area contributed by atoms with Crippen LogP contribution in [0.1, 0.15) is 27.2 Å². The maximum absolute atomic E-state index is 12.6. The number of nitrogens with zero attached hydrogens (tertiary/aromatic N) is 2. The molecule has 1 N–H and O–H groups in total. The van der Waals surface area contributed by atoms with Gasteiger partial charge < -0.3 is 14.6 Å². The van der Waals surface area contributed by atoms with Crippen molar-refractivity contribution in [2.45, 2.75) is 6.92 Å². The van der Waals surface area contributed by atoms with Gasteiger partial charge in [0, 0.05) is 17.8 Å². The van der Waals surface area contributed by atoms with Gasteiger partial charge in [0.25, 0.3) is 5.56 Å². The summed E-state index contributed by atoms with van der Waals surface area (Å²) in [5.41, 5.74) is 1.84. The number of hydrogen-bond donors (Lipinski definition) is 1. The monoisotopic (exact) mass is 366 g/mol. The third-order valence-corrected chi connectivity index (χ3v) is 4.14. The van der Waals surface area contributed by atoms with Crippen LogP contribution in [0.5, 0.6) is 11.5 Å². The van der Waals surface area contributed by atoms with Gasteiger partial charge in [-0.2, -0.15) is 0 Å². The summed E-state index contributed by atoms with van der Waals surface area (Å²) < 4.78 is 11.7. The molecule has 0 bridgehead atoms. The number of hydrogen-bond acceptors (Lipinski definition) is 5. The fourth-order valence-corrected chi connectivity index (χ4v) is 2.63. The molecule has 0 atom stereocenters. The molecule has 0 radical (unpaired) electrons. The highest BCUT2D eigenvalue weighted by Gasteiger charge is 2.10. The molecule has 0 aliphatic carbocycles. The Kier molecular flexibility index (Phi) is 4.94. The summed E-state index contributed by atoms with van der Waals surface area (Å²) in [6.45, 7) is 1.65. The Balaban J connectivity index is 2.06. The lowest BCUT2D eigenvalue weighted by atomic mass is 10.1. The average molecular weight is 366 g/mol. The van der Waals surface area contributed by atoms with E-state index in [0.717, 1.165) is 5.56 Å². The standard InChI is InChI=1S/C20H18N2O5/c1-12-17(6-4-13-8-15(26-2)10-16(9-13)27-3)21-18-7-5-14(20(24)25)11-22(18)19(12)23/h4-11H,1-3H3,(H,24,25). The third-order valence-electron chi connectivity index (χ3n) is 4.14. The van der Waals surface area contributed by atoms with Crippen molar-refractivity contribution < 1.29 is 19.4 Å². The number of ether oxygens (including phenoxy) is 2. The highest BCUT2D eigenvalue weighted by Crippen LogP contribution is 2.24. The summed E-state index contributed by atoms with van der Waals surface area (Å²) in [5.74, 6) is 0.203. The van der Waals surface area contributed by atoms with Crippen LogP contribution in [-0.2, 0) is 0 Å². The minimum absolute atomic E-state index is 0.0255. The van der Waals surface area contributed by atoms with Crippen LogP contribution in [0.3, 0.4) is 0 Å². The largest absolute Gasteiger partial charge is 0.497 e. The van der Waals surface area contributed by atoms with Gasteiger partial charge in [-0.25, -0.2) is 9.78 Å². The highest BCUT2D eigenvalue weighted by atomic mass is 16.5. The Labute approximate surface area is 155 Å². The Morgan fingerprint density at radius 3 is 2.37 bits per heavy atom. The van der Waals surface area contributed by atoms with E-state index in [1.54, 1.807) is 33.3 Å². The molecule has 27 heavy (non-hydrogen) atoms. The maximum Gasteiger partial charge on any atom is 0.337 e. The zero-order valence-electron chi connectivity index (χ0n) is 15.1. The molecule has 0 saturated carbocycles. The molecule has 7 nitrogen and oxygen atoms in total. The van der Waals surface area contributed by atoms with Gasteiger partial charge >= 0.3 is 5.97 Å². The summed E-state index contributed by atoms with van der Waals surface area (Å²) in [5, 5.41) is 9.09. The molecular formula is C20H18N2O5. The van der Waals surface area contributed by atoms with Crippen molar-refractivity contribution in [3.63, 3.8) is 0 Å². The molecule has 1 aromatic carbocycles. The molecule has 3 rings (SSSR count). The van der Waals surface area contributed by atoms with E-state index in [9.17, 15) is 9.59 Å². The Morgan fingerprint density at radius 1 is 1.11 bits per heavy atom. The zero-order valence-corrected chi connectivity index (χ0v) is 15.1. The second-order valence-corrected chi connectivity index (χ2v) is 5.86. The van der Waals surface area contributed by atoms with Crippen LogP contribution >= 0.6 is 0 Å². The lowest BCUT2D eigenvalue weighted by molar-refractivity contribution is 0.0696. The molecule has 2 heterocycles. The van der Waals surface area contributed by atoms with Gasteiger partial charge in [0.05, 0.1) is 25.5 Å². The van der Waals surface area contributed by atoms with Crippen molar-refractivity contribution in [1.29, 1.82) is 0 Å². The molecule has 7 heteroatoms. The van der Waals surface area contributed by atoms with Crippen LogP contribution in [0.25, 0.3) is 17.8 Å². The van der Waals surface area contributed by atoms with Crippen LogP contribution in [0.4, 0.5) is 0 Å². The average Bonchev–Trinajstić information content (AvgIpc) is 2.68. The lowest BCUT2D eigenvalue weighted by Gasteiger charge is -2.07. The van der Waals surface area contributed by atoms with Gasteiger partial charge in [0.15, 0.2) is 0 Å². The van der Waals surface area contributed by atoms with Gasteiger partial charge in [0.1, 0.15) is 17.1 Å². The molecule has 2 aromatic heterocycles. The summed E-state index contributed by atoms with van der Waals surface area (Å²) in [6, 6.07) is 8.36. The van der Waals surface area contributed by atoms with Gasteiger partial charge in [-0.05, 0) is 42.8 Å².